The zero-order valence-electron chi connectivity index (χ0n) is 17.4. The van der Waals surface area contributed by atoms with Crippen LogP contribution in [-0.4, -0.2) is 53.0 Å². The Labute approximate surface area is 181 Å². The molecule has 0 spiro atoms. The smallest absolute Gasteiger partial charge is 0.274 e. The number of hydrogen-bond acceptors (Lipinski definition) is 5. The maximum absolute atomic E-state index is 13.4. The van der Waals surface area contributed by atoms with Gasteiger partial charge in [-0.2, -0.15) is 0 Å². The van der Waals surface area contributed by atoms with Crippen LogP contribution in [-0.2, 0) is 32.2 Å². The lowest BCUT2D eigenvalue weighted by Gasteiger charge is -2.36. The molecule has 0 saturated carbocycles. The maximum atomic E-state index is 13.4. The molecule has 3 atom stereocenters. The largest absolute Gasteiger partial charge is 0.381 e. The molecule has 2 unspecified atom stereocenters. The molecule has 8 nitrogen and oxygen atoms in total. The third kappa shape index (κ3) is 5.90. The molecule has 1 aliphatic rings. The van der Waals surface area contributed by atoms with E-state index < -0.39 is 24.1 Å². The summed E-state index contributed by atoms with van der Waals surface area (Å²) in [5.74, 6) is -1.26. The van der Waals surface area contributed by atoms with E-state index in [2.05, 4.69) is 15.6 Å². The highest BCUT2D eigenvalue weighted by molar-refractivity contribution is 5.91. The number of hydrogen-bond donors (Lipinski definition) is 3. The standard InChI is InChI=1S/C23H27N3O5/c1-31-25-22(29)21(28)19(14-16-8-4-2-5-9-16)26(15-17-10-6-3-7-11-17)23(30)18-12-13-20(27)24-18/h2-11,18-19,21,28H,12-15H2,1H3,(H,24,27)(H,25,29)/t18-,19?,21?/m1/s1. The van der Waals surface area contributed by atoms with Gasteiger partial charge in [-0.3, -0.25) is 19.2 Å². The highest BCUT2D eigenvalue weighted by Crippen LogP contribution is 2.20. The van der Waals surface area contributed by atoms with Crippen molar-refractivity contribution in [1.29, 1.82) is 0 Å². The van der Waals surface area contributed by atoms with E-state index in [0.29, 0.717) is 6.42 Å². The lowest BCUT2D eigenvalue weighted by molar-refractivity contribution is -0.149. The Bertz CT molecular complexity index is 891. The summed E-state index contributed by atoms with van der Waals surface area (Å²) in [4.78, 5) is 43.8. The number of nitrogens with one attached hydrogen (secondary N) is 2. The van der Waals surface area contributed by atoms with E-state index in [0.717, 1.165) is 11.1 Å². The molecule has 31 heavy (non-hydrogen) atoms. The Morgan fingerprint density at radius 1 is 1.13 bits per heavy atom. The van der Waals surface area contributed by atoms with Crippen molar-refractivity contribution in [2.45, 2.75) is 44.0 Å². The van der Waals surface area contributed by atoms with Crippen LogP contribution in [0.1, 0.15) is 24.0 Å². The first-order valence-electron chi connectivity index (χ1n) is 10.2. The molecule has 164 valence electrons. The van der Waals surface area contributed by atoms with E-state index in [1.165, 1.54) is 12.0 Å². The van der Waals surface area contributed by atoms with Crippen LogP contribution in [0.25, 0.3) is 0 Å². The zero-order valence-corrected chi connectivity index (χ0v) is 17.4. The molecule has 3 N–H and O–H groups in total. The van der Waals surface area contributed by atoms with Gasteiger partial charge in [-0.25, -0.2) is 5.48 Å². The molecule has 0 aliphatic carbocycles. The van der Waals surface area contributed by atoms with Crippen LogP contribution in [0.5, 0.6) is 0 Å². The second kappa shape index (κ2) is 10.7. The SMILES string of the molecule is CONC(=O)C(O)C(Cc1ccccc1)N(Cc1ccccc1)C(=O)[C@H]1CCC(=O)N1. The second-order valence-corrected chi connectivity index (χ2v) is 7.48. The predicted octanol–water partition coefficient (Wildman–Crippen LogP) is 0.944. The summed E-state index contributed by atoms with van der Waals surface area (Å²) in [7, 11) is 1.28. The van der Waals surface area contributed by atoms with Gasteiger partial charge < -0.3 is 15.3 Å². The second-order valence-electron chi connectivity index (χ2n) is 7.48. The molecule has 1 fully saturated rings. The molecular weight excluding hydrogens is 398 g/mol. The van der Waals surface area contributed by atoms with Gasteiger partial charge in [0.2, 0.25) is 11.8 Å². The summed E-state index contributed by atoms with van der Waals surface area (Å²) in [5, 5.41) is 13.6. The maximum Gasteiger partial charge on any atom is 0.274 e. The summed E-state index contributed by atoms with van der Waals surface area (Å²) in [6.07, 6.45) is -0.643. The normalized spacial score (nSPS) is 17.5. The van der Waals surface area contributed by atoms with E-state index in [4.69, 9.17) is 0 Å². The number of amides is 3. The van der Waals surface area contributed by atoms with E-state index in [1.807, 2.05) is 60.7 Å². The van der Waals surface area contributed by atoms with Crippen molar-refractivity contribution in [3.63, 3.8) is 0 Å². The first kappa shape index (κ1) is 22.5. The van der Waals surface area contributed by atoms with E-state index in [1.54, 1.807) is 0 Å². The lowest BCUT2D eigenvalue weighted by atomic mass is 9.97. The monoisotopic (exact) mass is 425 g/mol. The van der Waals surface area contributed by atoms with Gasteiger partial charge in [0.05, 0.1) is 13.2 Å². The quantitative estimate of drug-likeness (QED) is 0.519. The fourth-order valence-electron chi connectivity index (χ4n) is 3.72. The van der Waals surface area contributed by atoms with Crippen LogP contribution in [0.4, 0.5) is 0 Å². The number of carbonyl (C=O) groups is 3. The van der Waals surface area contributed by atoms with Gasteiger partial charge in [0.25, 0.3) is 5.91 Å². The Balaban J connectivity index is 1.96. The molecule has 1 heterocycles. The molecular formula is C23H27N3O5. The van der Waals surface area contributed by atoms with Gasteiger partial charge >= 0.3 is 0 Å². The van der Waals surface area contributed by atoms with Gasteiger partial charge in [0.1, 0.15) is 6.04 Å². The third-order valence-corrected chi connectivity index (χ3v) is 5.30. The first-order valence-corrected chi connectivity index (χ1v) is 10.2. The van der Waals surface area contributed by atoms with Gasteiger partial charge in [0.15, 0.2) is 6.10 Å². The average Bonchev–Trinajstić information content (AvgIpc) is 3.23. The third-order valence-electron chi connectivity index (χ3n) is 5.30. The van der Waals surface area contributed by atoms with Crippen LogP contribution < -0.4 is 10.8 Å². The molecule has 3 rings (SSSR count). The minimum atomic E-state index is -1.54. The molecule has 2 aromatic carbocycles. The highest BCUT2D eigenvalue weighted by atomic mass is 16.6. The summed E-state index contributed by atoms with van der Waals surface area (Å²) in [6, 6.07) is 17.1. The summed E-state index contributed by atoms with van der Waals surface area (Å²) in [6.45, 7) is 0.181. The fourth-order valence-corrected chi connectivity index (χ4v) is 3.72. The van der Waals surface area contributed by atoms with E-state index >= 15 is 0 Å². The van der Waals surface area contributed by atoms with Crippen LogP contribution in [0, 0.1) is 0 Å². The van der Waals surface area contributed by atoms with Crippen molar-refractivity contribution >= 4 is 17.7 Å². The van der Waals surface area contributed by atoms with Crippen LogP contribution in [0.2, 0.25) is 0 Å². The lowest BCUT2D eigenvalue weighted by Crippen LogP contribution is -2.56. The Hall–Kier alpha value is -3.23. The van der Waals surface area contributed by atoms with Crippen LogP contribution in [0.3, 0.4) is 0 Å². The summed E-state index contributed by atoms with van der Waals surface area (Å²) in [5.41, 5.74) is 3.85. The van der Waals surface area contributed by atoms with Gasteiger partial charge in [-0.1, -0.05) is 60.7 Å². The molecule has 8 heteroatoms. The Kier molecular flexibility index (Phi) is 7.75. The van der Waals surface area contributed by atoms with E-state index in [-0.39, 0.29) is 31.2 Å². The van der Waals surface area contributed by atoms with Crippen molar-refractivity contribution in [2.75, 3.05) is 7.11 Å². The van der Waals surface area contributed by atoms with Gasteiger partial charge in [0, 0.05) is 13.0 Å². The van der Waals surface area contributed by atoms with Crippen molar-refractivity contribution in [1.82, 2.24) is 15.7 Å². The molecule has 1 aliphatic heterocycles. The fraction of sp³-hybridized carbons (Fsp3) is 0.348. The minimum absolute atomic E-state index is 0.181. The van der Waals surface area contributed by atoms with Gasteiger partial charge in [-0.05, 0) is 24.0 Å². The zero-order chi connectivity index (χ0) is 22.2. The molecule has 0 radical (unpaired) electrons. The number of carbonyl (C=O) groups excluding carboxylic acids is 3. The van der Waals surface area contributed by atoms with Crippen molar-refractivity contribution in [3.8, 4) is 0 Å². The predicted molar refractivity (Wildman–Crippen MR) is 113 cm³/mol. The summed E-state index contributed by atoms with van der Waals surface area (Å²) >= 11 is 0. The molecule has 0 bridgehead atoms. The number of rotatable bonds is 9. The first-order chi connectivity index (χ1) is 15.0. The Morgan fingerprint density at radius 3 is 2.29 bits per heavy atom. The van der Waals surface area contributed by atoms with Crippen molar-refractivity contribution in [3.05, 3.63) is 71.8 Å². The molecule has 3 amide bonds. The minimum Gasteiger partial charge on any atom is -0.381 e. The number of nitrogens with zero attached hydrogens (tertiary/aromatic N) is 1. The van der Waals surface area contributed by atoms with Gasteiger partial charge in [-0.15, -0.1) is 0 Å². The topological polar surface area (TPSA) is 108 Å². The molecule has 2 aromatic rings. The van der Waals surface area contributed by atoms with E-state index in [9.17, 15) is 19.5 Å². The number of benzene rings is 2. The van der Waals surface area contributed by atoms with Crippen LogP contribution in [0.15, 0.2) is 60.7 Å². The van der Waals surface area contributed by atoms with Crippen LogP contribution >= 0.6 is 0 Å². The number of hydroxylamine groups is 1. The molecule has 1 saturated heterocycles. The number of aliphatic hydroxyl groups is 1. The summed E-state index contributed by atoms with van der Waals surface area (Å²) < 4.78 is 0. The number of aliphatic hydroxyl groups excluding tert-OH is 1. The molecule has 0 aromatic heterocycles. The highest BCUT2D eigenvalue weighted by Gasteiger charge is 2.39. The average molecular weight is 425 g/mol. The Morgan fingerprint density at radius 2 is 1.74 bits per heavy atom. The van der Waals surface area contributed by atoms with Crippen molar-refractivity contribution in [2.24, 2.45) is 0 Å². The van der Waals surface area contributed by atoms with Crippen molar-refractivity contribution < 1.29 is 24.3 Å².